The smallest absolute Gasteiger partial charge is 0.329 e. The van der Waals surface area contributed by atoms with Crippen molar-refractivity contribution in [3.63, 3.8) is 0 Å². The second-order valence-electron chi connectivity index (χ2n) is 5.47. The van der Waals surface area contributed by atoms with Crippen molar-refractivity contribution in [2.24, 2.45) is 5.10 Å². The molecule has 146 valence electrons. The predicted molar refractivity (Wildman–Crippen MR) is 101 cm³/mol. The number of benzene rings is 2. The third-order valence-electron chi connectivity index (χ3n) is 3.28. The van der Waals surface area contributed by atoms with Crippen molar-refractivity contribution in [2.75, 3.05) is 18.5 Å². The Morgan fingerprint density at radius 3 is 2.57 bits per heavy atom. The van der Waals surface area contributed by atoms with Gasteiger partial charge in [0.25, 0.3) is 5.91 Å². The van der Waals surface area contributed by atoms with Crippen LogP contribution in [0, 0.1) is 5.82 Å². The minimum Gasteiger partial charge on any atom is -0.484 e. The van der Waals surface area contributed by atoms with Gasteiger partial charge >= 0.3 is 11.8 Å². The second kappa shape index (κ2) is 10.4. The van der Waals surface area contributed by atoms with Gasteiger partial charge in [-0.15, -0.1) is 0 Å². The summed E-state index contributed by atoms with van der Waals surface area (Å²) < 4.78 is 18.2. The van der Waals surface area contributed by atoms with Crippen molar-refractivity contribution >= 4 is 29.6 Å². The van der Waals surface area contributed by atoms with Gasteiger partial charge in [-0.1, -0.05) is 12.1 Å². The third-order valence-corrected chi connectivity index (χ3v) is 3.28. The maximum atomic E-state index is 12.8. The molecule has 0 bridgehead atoms. The number of ether oxygens (including phenoxy) is 1. The quantitative estimate of drug-likeness (QED) is 0.380. The number of nitrogens with one attached hydrogen (secondary N) is 3. The van der Waals surface area contributed by atoms with E-state index in [1.165, 1.54) is 30.5 Å². The van der Waals surface area contributed by atoms with Crippen LogP contribution in [0.3, 0.4) is 0 Å². The number of carbonyl (C=O) groups is 3. The number of rotatable bonds is 7. The van der Waals surface area contributed by atoms with Gasteiger partial charge < -0.3 is 15.4 Å². The molecule has 0 heterocycles. The minimum absolute atomic E-state index is 0.244. The Morgan fingerprint density at radius 1 is 1.11 bits per heavy atom. The summed E-state index contributed by atoms with van der Waals surface area (Å²) in [4.78, 5) is 34.6. The number of anilines is 1. The highest BCUT2D eigenvalue weighted by atomic mass is 19.1. The van der Waals surface area contributed by atoms with Crippen LogP contribution in [-0.4, -0.2) is 37.1 Å². The summed E-state index contributed by atoms with van der Waals surface area (Å²) in [7, 11) is 0. The molecule has 28 heavy (non-hydrogen) atoms. The molecule has 2 aromatic rings. The molecule has 0 aliphatic heterocycles. The summed E-state index contributed by atoms with van der Waals surface area (Å²) in [5.41, 5.74) is 3.15. The van der Waals surface area contributed by atoms with Gasteiger partial charge in [-0.05, 0) is 48.9 Å². The van der Waals surface area contributed by atoms with E-state index in [4.69, 9.17) is 4.74 Å². The van der Waals surface area contributed by atoms with E-state index < -0.39 is 23.5 Å². The summed E-state index contributed by atoms with van der Waals surface area (Å²) >= 11 is 0. The molecule has 3 amide bonds. The Hall–Kier alpha value is -3.75. The summed E-state index contributed by atoms with van der Waals surface area (Å²) in [5.74, 6) is -2.03. The number of carbonyl (C=O) groups excluding carboxylic acids is 3. The normalized spacial score (nSPS) is 10.4. The molecule has 0 aromatic heterocycles. The largest absolute Gasteiger partial charge is 0.484 e. The van der Waals surface area contributed by atoms with Crippen LogP contribution in [0.25, 0.3) is 0 Å². The van der Waals surface area contributed by atoms with Crippen LogP contribution >= 0.6 is 0 Å². The van der Waals surface area contributed by atoms with Gasteiger partial charge in [-0.2, -0.15) is 5.10 Å². The molecule has 0 saturated heterocycles. The fourth-order valence-corrected chi connectivity index (χ4v) is 2.02. The van der Waals surface area contributed by atoms with E-state index >= 15 is 0 Å². The molecular formula is C19H19FN4O4. The highest BCUT2D eigenvalue weighted by Crippen LogP contribution is 2.13. The van der Waals surface area contributed by atoms with E-state index in [0.717, 1.165) is 0 Å². The number of halogens is 1. The van der Waals surface area contributed by atoms with Gasteiger partial charge in [-0.25, -0.2) is 9.82 Å². The molecule has 0 atom stereocenters. The molecule has 0 saturated carbocycles. The van der Waals surface area contributed by atoms with Crippen molar-refractivity contribution in [1.29, 1.82) is 0 Å². The summed E-state index contributed by atoms with van der Waals surface area (Å²) in [6, 6.07) is 12.0. The van der Waals surface area contributed by atoms with Crippen molar-refractivity contribution in [3.8, 4) is 5.75 Å². The average molecular weight is 386 g/mol. The van der Waals surface area contributed by atoms with Gasteiger partial charge in [0.1, 0.15) is 11.6 Å². The van der Waals surface area contributed by atoms with Gasteiger partial charge in [0, 0.05) is 12.2 Å². The van der Waals surface area contributed by atoms with Crippen LogP contribution < -0.4 is 20.8 Å². The standard InChI is InChI=1S/C19H19FN4O4/c1-2-21-18(26)19(27)24-22-11-13-4-3-5-16(10-13)28-12-17(25)23-15-8-6-14(20)7-9-15/h3-11H,2,12H2,1H3,(H,21,26)(H,23,25)(H,24,27)/b22-11-. The molecule has 0 aliphatic carbocycles. The first-order chi connectivity index (χ1) is 13.5. The lowest BCUT2D eigenvalue weighted by molar-refractivity contribution is -0.139. The maximum absolute atomic E-state index is 12.8. The summed E-state index contributed by atoms with van der Waals surface area (Å²) in [6.07, 6.45) is 1.34. The molecule has 8 nitrogen and oxygen atoms in total. The highest BCUT2D eigenvalue weighted by Gasteiger charge is 2.10. The summed E-state index contributed by atoms with van der Waals surface area (Å²) in [5, 5.41) is 8.62. The monoisotopic (exact) mass is 386 g/mol. The highest BCUT2D eigenvalue weighted by molar-refractivity contribution is 6.35. The van der Waals surface area contributed by atoms with E-state index in [2.05, 4.69) is 21.2 Å². The molecule has 0 radical (unpaired) electrons. The van der Waals surface area contributed by atoms with Crippen LogP contribution in [0.15, 0.2) is 53.6 Å². The minimum atomic E-state index is -0.872. The number of hydrogen-bond donors (Lipinski definition) is 3. The Bertz CT molecular complexity index is 868. The van der Waals surface area contributed by atoms with Gasteiger partial charge in [0.05, 0.1) is 6.21 Å². The molecule has 2 rings (SSSR count). The van der Waals surface area contributed by atoms with Crippen LogP contribution in [0.5, 0.6) is 5.75 Å². The van der Waals surface area contributed by atoms with Gasteiger partial charge in [0.15, 0.2) is 6.61 Å². The first-order valence-electron chi connectivity index (χ1n) is 8.37. The molecule has 9 heteroatoms. The first-order valence-corrected chi connectivity index (χ1v) is 8.37. The molecule has 0 unspecified atom stereocenters. The van der Waals surface area contributed by atoms with E-state index in [0.29, 0.717) is 23.5 Å². The van der Waals surface area contributed by atoms with E-state index in [1.807, 2.05) is 0 Å². The van der Waals surface area contributed by atoms with E-state index in [9.17, 15) is 18.8 Å². The number of nitrogens with zero attached hydrogens (tertiary/aromatic N) is 1. The predicted octanol–water partition coefficient (Wildman–Crippen LogP) is 1.43. The van der Waals surface area contributed by atoms with Crippen LogP contribution in [-0.2, 0) is 14.4 Å². The number of likely N-dealkylation sites (N-methyl/N-ethyl adjacent to an activating group) is 1. The Labute approximate surface area is 160 Å². The molecule has 3 N–H and O–H groups in total. The molecule has 0 aliphatic rings. The number of amides is 3. The fourth-order valence-electron chi connectivity index (χ4n) is 2.02. The Balaban J connectivity index is 1.84. The zero-order valence-corrected chi connectivity index (χ0v) is 15.1. The molecule has 0 fully saturated rings. The Morgan fingerprint density at radius 2 is 1.86 bits per heavy atom. The van der Waals surface area contributed by atoms with Crippen LogP contribution in [0.1, 0.15) is 12.5 Å². The van der Waals surface area contributed by atoms with Crippen LogP contribution in [0.2, 0.25) is 0 Å². The number of hydrazone groups is 1. The van der Waals surface area contributed by atoms with Crippen molar-refractivity contribution in [2.45, 2.75) is 6.92 Å². The van der Waals surface area contributed by atoms with Crippen molar-refractivity contribution in [1.82, 2.24) is 10.7 Å². The van der Waals surface area contributed by atoms with E-state index in [-0.39, 0.29) is 6.61 Å². The third kappa shape index (κ3) is 6.87. The molecule has 0 spiro atoms. The fraction of sp³-hybridized carbons (Fsp3) is 0.158. The van der Waals surface area contributed by atoms with Gasteiger partial charge in [0.2, 0.25) is 0 Å². The lowest BCUT2D eigenvalue weighted by atomic mass is 10.2. The zero-order chi connectivity index (χ0) is 20.4. The number of hydrogen-bond acceptors (Lipinski definition) is 5. The SMILES string of the molecule is CCNC(=O)C(=O)N/N=C\c1cccc(OCC(=O)Nc2ccc(F)cc2)c1. The van der Waals surface area contributed by atoms with Crippen LogP contribution in [0.4, 0.5) is 10.1 Å². The Kier molecular flexibility index (Phi) is 7.64. The van der Waals surface area contributed by atoms with Crippen molar-refractivity contribution < 1.29 is 23.5 Å². The summed E-state index contributed by atoms with van der Waals surface area (Å²) in [6.45, 7) is 1.79. The average Bonchev–Trinajstić information content (AvgIpc) is 2.68. The second-order valence-corrected chi connectivity index (χ2v) is 5.47. The molecule has 2 aromatic carbocycles. The molecular weight excluding hydrogens is 367 g/mol. The topological polar surface area (TPSA) is 109 Å². The van der Waals surface area contributed by atoms with Crippen molar-refractivity contribution in [3.05, 3.63) is 59.9 Å². The lowest BCUT2D eigenvalue weighted by Gasteiger charge is -2.08. The van der Waals surface area contributed by atoms with Gasteiger partial charge in [-0.3, -0.25) is 14.4 Å². The lowest BCUT2D eigenvalue weighted by Crippen LogP contribution is -2.37. The van der Waals surface area contributed by atoms with E-state index in [1.54, 1.807) is 31.2 Å². The maximum Gasteiger partial charge on any atom is 0.329 e. The first kappa shape index (κ1) is 20.6. The zero-order valence-electron chi connectivity index (χ0n) is 15.1.